The summed E-state index contributed by atoms with van der Waals surface area (Å²) >= 11 is 0. The molecule has 2 aromatic rings. The smallest absolute Gasteiger partial charge is 0.331 e. The van der Waals surface area contributed by atoms with Crippen molar-refractivity contribution in [1.82, 2.24) is 0 Å². The zero-order valence-corrected chi connectivity index (χ0v) is 11.8. The number of benzene rings is 2. The number of rotatable bonds is 6. The Labute approximate surface area is 124 Å². The number of hydrogen-bond acceptors (Lipinski definition) is 2. The zero-order chi connectivity index (χ0) is 15.2. The van der Waals surface area contributed by atoms with Crippen molar-refractivity contribution >= 4 is 5.97 Å². The van der Waals surface area contributed by atoms with E-state index in [2.05, 4.69) is 30.8 Å². The monoisotopic (exact) mass is 281 g/mol. The van der Waals surface area contributed by atoms with Gasteiger partial charge < -0.3 is 10.8 Å². The minimum Gasteiger partial charge on any atom is -0.478 e. The van der Waals surface area contributed by atoms with Crippen LogP contribution in [-0.2, 0) is 11.2 Å². The predicted octanol–water partition coefficient (Wildman–Crippen LogP) is 3.25. The number of nitrogens with two attached hydrogens (primary N) is 1. The maximum atomic E-state index is 10.7. The third-order valence-electron chi connectivity index (χ3n) is 3.37. The average Bonchev–Trinajstić information content (AvgIpc) is 2.48. The summed E-state index contributed by atoms with van der Waals surface area (Å²) in [7, 11) is 0. The van der Waals surface area contributed by atoms with E-state index in [1.54, 1.807) is 0 Å². The molecule has 0 saturated carbocycles. The van der Waals surface area contributed by atoms with E-state index in [1.165, 1.54) is 5.56 Å². The van der Waals surface area contributed by atoms with Crippen LogP contribution in [0.4, 0.5) is 0 Å². The number of carbonyl (C=O) groups is 1. The fraction of sp³-hybridized carbons (Fsp3) is 0.167. The van der Waals surface area contributed by atoms with Gasteiger partial charge in [-0.1, -0.05) is 61.2 Å². The molecule has 0 aliphatic carbocycles. The van der Waals surface area contributed by atoms with Crippen LogP contribution in [-0.4, -0.2) is 17.1 Å². The molecular formula is C18H19NO2. The van der Waals surface area contributed by atoms with Gasteiger partial charge in [0.25, 0.3) is 0 Å². The molecule has 0 aliphatic rings. The second kappa shape index (κ2) is 6.86. The van der Waals surface area contributed by atoms with E-state index >= 15 is 0 Å². The number of hydrogen-bond donors (Lipinski definition) is 2. The summed E-state index contributed by atoms with van der Waals surface area (Å²) in [5.74, 6) is -0.982. The Bertz CT molecular complexity index is 617. The van der Waals surface area contributed by atoms with E-state index in [9.17, 15) is 4.79 Å². The second-order valence-corrected chi connectivity index (χ2v) is 5.14. The van der Waals surface area contributed by atoms with Crippen LogP contribution >= 0.6 is 0 Å². The molecule has 0 spiro atoms. The molecule has 0 heterocycles. The summed E-state index contributed by atoms with van der Waals surface area (Å²) in [4.78, 5) is 10.7. The van der Waals surface area contributed by atoms with Crippen molar-refractivity contribution in [3.8, 4) is 11.1 Å². The van der Waals surface area contributed by atoms with Crippen molar-refractivity contribution < 1.29 is 9.90 Å². The lowest BCUT2D eigenvalue weighted by Gasteiger charge is -2.12. The van der Waals surface area contributed by atoms with E-state index in [0.29, 0.717) is 12.8 Å². The van der Waals surface area contributed by atoms with Crippen LogP contribution in [0.5, 0.6) is 0 Å². The highest BCUT2D eigenvalue weighted by Crippen LogP contribution is 2.20. The Morgan fingerprint density at radius 2 is 1.62 bits per heavy atom. The first kappa shape index (κ1) is 15.0. The minimum absolute atomic E-state index is 0.156. The lowest BCUT2D eigenvalue weighted by molar-refractivity contribution is -0.132. The van der Waals surface area contributed by atoms with Crippen LogP contribution in [0.1, 0.15) is 12.0 Å². The fourth-order valence-electron chi connectivity index (χ4n) is 2.24. The first-order valence-corrected chi connectivity index (χ1v) is 6.87. The van der Waals surface area contributed by atoms with E-state index in [0.717, 1.165) is 11.1 Å². The van der Waals surface area contributed by atoms with Crippen molar-refractivity contribution in [2.24, 2.45) is 5.73 Å². The fourth-order valence-corrected chi connectivity index (χ4v) is 2.24. The van der Waals surface area contributed by atoms with Gasteiger partial charge in [-0.25, -0.2) is 4.79 Å². The summed E-state index contributed by atoms with van der Waals surface area (Å²) in [6.07, 6.45) is 0.942. The molecule has 3 N–H and O–H groups in total. The van der Waals surface area contributed by atoms with E-state index in [4.69, 9.17) is 10.8 Å². The lowest BCUT2D eigenvalue weighted by atomic mass is 9.98. The van der Waals surface area contributed by atoms with Crippen LogP contribution in [0.25, 0.3) is 11.1 Å². The van der Waals surface area contributed by atoms with Gasteiger partial charge in [0, 0.05) is 11.6 Å². The van der Waals surface area contributed by atoms with Crippen molar-refractivity contribution in [2.75, 3.05) is 0 Å². The van der Waals surface area contributed by atoms with Gasteiger partial charge >= 0.3 is 5.97 Å². The van der Waals surface area contributed by atoms with Crippen molar-refractivity contribution in [3.63, 3.8) is 0 Å². The third-order valence-corrected chi connectivity index (χ3v) is 3.37. The topological polar surface area (TPSA) is 63.3 Å². The van der Waals surface area contributed by atoms with Gasteiger partial charge in [-0.05, 0) is 29.5 Å². The molecule has 3 heteroatoms. The van der Waals surface area contributed by atoms with Crippen LogP contribution in [0.3, 0.4) is 0 Å². The maximum absolute atomic E-state index is 10.7. The SMILES string of the molecule is C=C(CC(N)Cc1ccc(-c2ccccc2)cc1)C(=O)O. The predicted molar refractivity (Wildman–Crippen MR) is 85.0 cm³/mol. The average molecular weight is 281 g/mol. The van der Waals surface area contributed by atoms with Crippen LogP contribution in [0, 0.1) is 0 Å². The van der Waals surface area contributed by atoms with Crippen LogP contribution < -0.4 is 5.73 Å². The van der Waals surface area contributed by atoms with Gasteiger partial charge in [0.2, 0.25) is 0 Å². The molecule has 21 heavy (non-hydrogen) atoms. The molecule has 0 radical (unpaired) electrons. The van der Waals surface area contributed by atoms with E-state index in [-0.39, 0.29) is 11.6 Å². The number of carboxylic acids is 1. The Morgan fingerprint density at radius 1 is 1.05 bits per heavy atom. The van der Waals surface area contributed by atoms with Crippen molar-refractivity contribution in [3.05, 3.63) is 72.3 Å². The highest BCUT2D eigenvalue weighted by Gasteiger charge is 2.11. The van der Waals surface area contributed by atoms with Crippen LogP contribution in [0.15, 0.2) is 66.7 Å². The number of carboxylic acid groups (broad SMARTS) is 1. The van der Waals surface area contributed by atoms with E-state index < -0.39 is 5.97 Å². The van der Waals surface area contributed by atoms with Crippen molar-refractivity contribution in [1.29, 1.82) is 0 Å². The Morgan fingerprint density at radius 3 is 2.19 bits per heavy atom. The quantitative estimate of drug-likeness (QED) is 0.799. The summed E-state index contributed by atoms with van der Waals surface area (Å²) in [6, 6.07) is 18.1. The first-order chi connectivity index (χ1) is 10.1. The molecule has 0 aliphatic heterocycles. The summed E-state index contributed by atoms with van der Waals surface area (Å²) in [5, 5.41) is 8.80. The lowest BCUT2D eigenvalue weighted by Crippen LogP contribution is -2.24. The molecule has 0 aromatic heterocycles. The standard InChI is InChI=1S/C18H19NO2/c1-13(18(20)21)11-17(19)12-14-7-9-16(10-8-14)15-5-3-2-4-6-15/h2-10,17H,1,11-12,19H2,(H,20,21). The molecule has 3 nitrogen and oxygen atoms in total. The molecule has 0 amide bonds. The van der Waals surface area contributed by atoms with Gasteiger partial charge in [0.15, 0.2) is 0 Å². The Kier molecular flexibility index (Phi) is 4.90. The molecule has 2 rings (SSSR count). The minimum atomic E-state index is -0.982. The maximum Gasteiger partial charge on any atom is 0.331 e. The molecular weight excluding hydrogens is 262 g/mol. The third kappa shape index (κ3) is 4.29. The molecule has 1 unspecified atom stereocenters. The van der Waals surface area contributed by atoms with E-state index in [1.807, 2.05) is 30.3 Å². The van der Waals surface area contributed by atoms with Gasteiger partial charge in [0.1, 0.15) is 0 Å². The molecule has 1 atom stereocenters. The Hall–Kier alpha value is -2.39. The van der Waals surface area contributed by atoms with Gasteiger partial charge in [0.05, 0.1) is 0 Å². The zero-order valence-electron chi connectivity index (χ0n) is 11.8. The molecule has 0 bridgehead atoms. The molecule has 0 fully saturated rings. The van der Waals surface area contributed by atoms with Gasteiger partial charge in [-0.3, -0.25) is 0 Å². The second-order valence-electron chi connectivity index (χ2n) is 5.14. The largest absolute Gasteiger partial charge is 0.478 e. The first-order valence-electron chi connectivity index (χ1n) is 6.87. The van der Waals surface area contributed by atoms with Gasteiger partial charge in [-0.2, -0.15) is 0 Å². The van der Waals surface area contributed by atoms with Crippen molar-refractivity contribution in [2.45, 2.75) is 18.9 Å². The molecule has 2 aromatic carbocycles. The normalized spacial score (nSPS) is 11.9. The summed E-state index contributed by atoms with van der Waals surface area (Å²) in [6.45, 7) is 3.51. The highest BCUT2D eigenvalue weighted by molar-refractivity contribution is 5.85. The summed E-state index contributed by atoms with van der Waals surface area (Å²) < 4.78 is 0. The highest BCUT2D eigenvalue weighted by atomic mass is 16.4. The molecule has 108 valence electrons. The summed E-state index contributed by atoms with van der Waals surface area (Å²) in [5.41, 5.74) is 9.55. The number of aliphatic carboxylic acids is 1. The van der Waals surface area contributed by atoms with Gasteiger partial charge in [-0.15, -0.1) is 0 Å². The Balaban J connectivity index is 2.00. The van der Waals surface area contributed by atoms with Crippen LogP contribution in [0.2, 0.25) is 0 Å². The molecule has 0 saturated heterocycles.